The Morgan fingerprint density at radius 3 is 2.78 bits per heavy atom. The summed E-state index contributed by atoms with van der Waals surface area (Å²) in [5.41, 5.74) is 1.08. The molecule has 0 radical (unpaired) electrons. The molecule has 10 heteroatoms. The van der Waals surface area contributed by atoms with Crippen molar-refractivity contribution in [1.82, 2.24) is 14.8 Å². The second-order valence-corrected chi connectivity index (χ2v) is 9.54. The first-order valence-electron chi connectivity index (χ1n) is 8.28. The molecule has 0 unspecified atom stereocenters. The molecule has 2 heterocycles. The van der Waals surface area contributed by atoms with Gasteiger partial charge in [0.2, 0.25) is 5.91 Å². The molecule has 0 saturated heterocycles. The lowest BCUT2D eigenvalue weighted by Crippen LogP contribution is -2.29. The molecule has 1 aliphatic rings. The van der Waals surface area contributed by atoms with E-state index in [4.69, 9.17) is 0 Å². The van der Waals surface area contributed by atoms with Gasteiger partial charge < -0.3 is 5.32 Å². The molecule has 4 rings (SSSR count). The highest BCUT2D eigenvalue weighted by atomic mass is 32.2. The number of fused-ring (bicyclic) bond motifs is 1. The first-order valence-corrected chi connectivity index (χ1v) is 11.0. The van der Waals surface area contributed by atoms with Gasteiger partial charge in [0.05, 0.1) is 20.8 Å². The first-order chi connectivity index (χ1) is 12.8. The molecule has 1 N–H and O–H groups in total. The summed E-state index contributed by atoms with van der Waals surface area (Å²) in [6.45, 7) is -0.204. The number of nitrogens with one attached hydrogen (secondary N) is 1. The highest BCUT2D eigenvalue weighted by Gasteiger charge is 2.25. The van der Waals surface area contributed by atoms with Crippen LogP contribution in [0.1, 0.15) is 24.5 Å². The Kier molecular flexibility index (Phi) is 4.31. The third kappa shape index (κ3) is 3.91. The fourth-order valence-electron chi connectivity index (χ4n) is 2.66. The van der Waals surface area contributed by atoms with Crippen LogP contribution in [0, 0.1) is 0 Å². The van der Waals surface area contributed by atoms with Crippen LogP contribution in [0.5, 0.6) is 0 Å². The van der Waals surface area contributed by atoms with E-state index in [1.54, 1.807) is 12.1 Å². The fourth-order valence-corrected chi connectivity index (χ4v) is 4.30. The standard InChI is InChI=1S/C17H16N4O4S2/c1-27(24,25)11-4-5-13-14(8-11)26-17(18-13)19-15(22)9-21-16(23)7-6-12(20-21)10-2-3-10/h4-8,10H,2-3,9H2,1H3,(H,18,19,22). The smallest absolute Gasteiger partial charge is 0.267 e. The van der Waals surface area contributed by atoms with Crippen molar-refractivity contribution in [2.75, 3.05) is 11.6 Å². The number of hydrogen-bond donors (Lipinski definition) is 1. The third-order valence-corrected chi connectivity index (χ3v) is 6.25. The van der Waals surface area contributed by atoms with Gasteiger partial charge in [-0.3, -0.25) is 9.59 Å². The van der Waals surface area contributed by atoms with Crippen LogP contribution >= 0.6 is 11.3 Å². The molecule has 0 aliphatic heterocycles. The minimum absolute atomic E-state index is 0.198. The predicted molar refractivity (Wildman–Crippen MR) is 102 cm³/mol. The van der Waals surface area contributed by atoms with E-state index in [-0.39, 0.29) is 17.0 Å². The molecule has 1 amide bonds. The molecular weight excluding hydrogens is 388 g/mol. The first kappa shape index (κ1) is 17.8. The van der Waals surface area contributed by atoms with Crippen molar-refractivity contribution >= 4 is 42.4 Å². The maximum atomic E-state index is 12.3. The van der Waals surface area contributed by atoms with E-state index in [1.165, 1.54) is 29.5 Å². The van der Waals surface area contributed by atoms with E-state index in [0.29, 0.717) is 21.3 Å². The minimum Gasteiger partial charge on any atom is -0.300 e. The maximum Gasteiger partial charge on any atom is 0.267 e. The van der Waals surface area contributed by atoms with Gasteiger partial charge in [0.25, 0.3) is 5.56 Å². The summed E-state index contributed by atoms with van der Waals surface area (Å²) in [6.07, 6.45) is 3.25. The highest BCUT2D eigenvalue weighted by Crippen LogP contribution is 2.38. The number of aromatic nitrogens is 3. The van der Waals surface area contributed by atoms with Gasteiger partial charge >= 0.3 is 0 Å². The lowest BCUT2D eigenvalue weighted by Gasteiger charge is -2.06. The van der Waals surface area contributed by atoms with Gasteiger partial charge in [0.1, 0.15) is 6.54 Å². The summed E-state index contributed by atoms with van der Waals surface area (Å²) in [5, 5.41) is 7.25. The van der Waals surface area contributed by atoms with Crippen LogP contribution in [0.15, 0.2) is 40.0 Å². The lowest BCUT2D eigenvalue weighted by atomic mass is 10.3. The Morgan fingerprint density at radius 2 is 2.07 bits per heavy atom. The van der Waals surface area contributed by atoms with Gasteiger partial charge in [-0.1, -0.05) is 11.3 Å². The van der Waals surface area contributed by atoms with Crippen molar-refractivity contribution in [1.29, 1.82) is 0 Å². The van der Waals surface area contributed by atoms with E-state index < -0.39 is 15.7 Å². The Morgan fingerprint density at radius 1 is 1.30 bits per heavy atom. The molecule has 27 heavy (non-hydrogen) atoms. The molecule has 1 aromatic carbocycles. The molecule has 1 saturated carbocycles. The molecule has 0 bridgehead atoms. The number of carbonyl (C=O) groups is 1. The summed E-state index contributed by atoms with van der Waals surface area (Å²) >= 11 is 1.17. The number of thiazole rings is 1. The van der Waals surface area contributed by atoms with Crippen molar-refractivity contribution in [2.45, 2.75) is 30.2 Å². The number of carbonyl (C=O) groups excluding carboxylic acids is 1. The molecule has 0 atom stereocenters. The molecule has 1 fully saturated rings. The number of rotatable bonds is 5. The number of anilines is 1. The zero-order valence-corrected chi connectivity index (χ0v) is 16.0. The fraction of sp³-hybridized carbons (Fsp3) is 0.294. The Bertz CT molecular complexity index is 1210. The Labute approximate surface area is 158 Å². The topological polar surface area (TPSA) is 111 Å². The van der Waals surface area contributed by atoms with Crippen molar-refractivity contribution in [2.24, 2.45) is 0 Å². The summed E-state index contributed by atoms with van der Waals surface area (Å²) in [7, 11) is -3.31. The van der Waals surface area contributed by atoms with Crippen LogP contribution in [0.2, 0.25) is 0 Å². The van der Waals surface area contributed by atoms with Crippen molar-refractivity contribution < 1.29 is 13.2 Å². The second kappa shape index (κ2) is 6.54. The number of sulfone groups is 1. The number of amides is 1. The Hall–Kier alpha value is -2.59. The summed E-state index contributed by atoms with van der Waals surface area (Å²) in [5.74, 6) is -0.0341. The average molecular weight is 404 g/mol. The van der Waals surface area contributed by atoms with Crippen LogP contribution in [0.4, 0.5) is 5.13 Å². The van der Waals surface area contributed by atoms with Crippen LogP contribution in [0.25, 0.3) is 10.2 Å². The Balaban J connectivity index is 1.53. The summed E-state index contributed by atoms with van der Waals surface area (Å²) < 4.78 is 25.1. The minimum atomic E-state index is -3.31. The largest absolute Gasteiger partial charge is 0.300 e. The van der Waals surface area contributed by atoms with Crippen LogP contribution in [0.3, 0.4) is 0 Å². The quantitative estimate of drug-likeness (QED) is 0.694. The molecular formula is C17H16N4O4S2. The third-order valence-electron chi connectivity index (χ3n) is 4.21. The van der Waals surface area contributed by atoms with E-state index in [0.717, 1.165) is 29.5 Å². The van der Waals surface area contributed by atoms with Crippen molar-refractivity contribution in [3.05, 3.63) is 46.4 Å². The molecule has 3 aromatic rings. The summed E-state index contributed by atoms with van der Waals surface area (Å²) in [4.78, 5) is 28.7. The van der Waals surface area contributed by atoms with E-state index in [9.17, 15) is 18.0 Å². The summed E-state index contributed by atoms with van der Waals surface area (Å²) in [6, 6.07) is 7.75. The predicted octanol–water partition coefficient (Wildman–Crippen LogP) is 1.77. The lowest BCUT2D eigenvalue weighted by molar-refractivity contribution is -0.117. The van der Waals surface area contributed by atoms with Gasteiger partial charge in [0, 0.05) is 18.2 Å². The molecule has 8 nitrogen and oxygen atoms in total. The molecule has 0 spiro atoms. The zero-order chi connectivity index (χ0) is 19.2. The monoisotopic (exact) mass is 404 g/mol. The molecule has 2 aromatic heterocycles. The second-order valence-electron chi connectivity index (χ2n) is 6.50. The zero-order valence-electron chi connectivity index (χ0n) is 14.4. The van der Waals surface area contributed by atoms with Gasteiger partial charge in [0.15, 0.2) is 15.0 Å². The number of hydrogen-bond acceptors (Lipinski definition) is 7. The van der Waals surface area contributed by atoms with Crippen molar-refractivity contribution in [3.63, 3.8) is 0 Å². The number of benzene rings is 1. The van der Waals surface area contributed by atoms with Crippen LogP contribution in [-0.2, 0) is 21.2 Å². The van der Waals surface area contributed by atoms with Gasteiger partial charge in [-0.15, -0.1) is 0 Å². The molecule has 1 aliphatic carbocycles. The van der Waals surface area contributed by atoms with E-state index in [2.05, 4.69) is 15.4 Å². The van der Waals surface area contributed by atoms with Gasteiger partial charge in [-0.2, -0.15) is 5.10 Å². The average Bonchev–Trinajstić information content (AvgIpc) is 3.35. The van der Waals surface area contributed by atoms with Crippen LogP contribution < -0.4 is 10.9 Å². The normalized spacial score (nSPS) is 14.4. The highest BCUT2D eigenvalue weighted by molar-refractivity contribution is 7.90. The van der Waals surface area contributed by atoms with Gasteiger partial charge in [-0.25, -0.2) is 18.1 Å². The SMILES string of the molecule is CS(=O)(=O)c1ccc2nc(NC(=O)Cn3nc(C4CC4)ccc3=O)sc2c1. The van der Waals surface area contributed by atoms with E-state index >= 15 is 0 Å². The van der Waals surface area contributed by atoms with Crippen molar-refractivity contribution in [3.8, 4) is 0 Å². The van der Waals surface area contributed by atoms with E-state index in [1.807, 2.05) is 0 Å². The number of nitrogens with zero attached hydrogens (tertiary/aromatic N) is 3. The maximum absolute atomic E-state index is 12.3. The van der Waals surface area contributed by atoms with Gasteiger partial charge in [-0.05, 0) is 37.1 Å². The van der Waals surface area contributed by atoms with Crippen LogP contribution in [-0.4, -0.2) is 35.3 Å². The molecule has 140 valence electrons.